The smallest absolute Gasteiger partial charge is 0.268 e. The van der Waals surface area contributed by atoms with Gasteiger partial charge in [-0.15, -0.1) is 11.3 Å². The van der Waals surface area contributed by atoms with E-state index in [1.165, 1.54) is 11.3 Å². The van der Waals surface area contributed by atoms with Crippen molar-refractivity contribution in [3.63, 3.8) is 0 Å². The fourth-order valence-electron chi connectivity index (χ4n) is 3.28. The third kappa shape index (κ3) is 3.21. The molecule has 0 saturated heterocycles. The van der Waals surface area contributed by atoms with Crippen LogP contribution in [0.1, 0.15) is 22.2 Å². The lowest BCUT2D eigenvalue weighted by Gasteiger charge is -2.20. The van der Waals surface area contributed by atoms with Crippen LogP contribution in [0.5, 0.6) is 5.75 Å². The number of amides is 1. The normalized spacial score (nSPS) is 11.1. The van der Waals surface area contributed by atoms with Gasteiger partial charge in [-0.05, 0) is 56.3 Å². The number of rotatable bonds is 4. The van der Waals surface area contributed by atoms with Crippen LogP contribution in [0.15, 0.2) is 48.5 Å². The van der Waals surface area contributed by atoms with E-state index in [4.69, 9.17) is 16.3 Å². The van der Waals surface area contributed by atoms with Crippen LogP contribution >= 0.6 is 22.9 Å². The number of hydrogen-bond acceptors (Lipinski definition) is 4. The number of ether oxygens (including phenoxy) is 1. The van der Waals surface area contributed by atoms with Gasteiger partial charge in [0.1, 0.15) is 10.9 Å². The summed E-state index contributed by atoms with van der Waals surface area (Å²) in [5, 5.41) is 2.27. The maximum Gasteiger partial charge on any atom is 0.268 e. The molecule has 142 valence electrons. The molecule has 2 aromatic carbocycles. The molecular formula is C22H19ClN2O2S. The van der Waals surface area contributed by atoms with E-state index in [0.29, 0.717) is 16.6 Å². The number of carbonyl (C=O) groups excluding carboxylic acids is 1. The van der Waals surface area contributed by atoms with Gasteiger partial charge in [-0.2, -0.15) is 0 Å². The Morgan fingerprint density at radius 2 is 1.89 bits per heavy atom. The molecule has 0 aliphatic rings. The molecular weight excluding hydrogens is 392 g/mol. The lowest BCUT2D eigenvalue weighted by molar-refractivity contribution is 0.0992. The van der Waals surface area contributed by atoms with E-state index in [-0.39, 0.29) is 5.91 Å². The Hall–Kier alpha value is -2.63. The molecule has 4 aromatic rings. The first kappa shape index (κ1) is 18.7. The highest BCUT2D eigenvalue weighted by Gasteiger charge is 2.21. The summed E-state index contributed by atoms with van der Waals surface area (Å²) in [6, 6.07) is 15.4. The first-order chi connectivity index (χ1) is 13.5. The highest BCUT2D eigenvalue weighted by Crippen LogP contribution is 2.37. The average molecular weight is 411 g/mol. The molecule has 0 spiro atoms. The maximum atomic E-state index is 13.3. The van der Waals surface area contributed by atoms with Crippen molar-refractivity contribution < 1.29 is 9.53 Å². The Morgan fingerprint density at radius 1 is 1.14 bits per heavy atom. The van der Waals surface area contributed by atoms with Crippen molar-refractivity contribution in [2.75, 3.05) is 18.6 Å². The van der Waals surface area contributed by atoms with Crippen molar-refractivity contribution >= 4 is 55.5 Å². The number of aromatic nitrogens is 1. The zero-order valence-electron chi connectivity index (χ0n) is 15.8. The molecule has 0 fully saturated rings. The lowest BCUT2D eigenvalue weighted by Crippen LogP contribution is -2.29. The summed E-state index contributed by atoms with van der Waals surface area (Å²) in [4.78, 5) is 20.1. The number of hydrogen-bond donors (Lipinski definition) is 0. The number of anilines is 1. The van der Waals surface area contributed by atoms with Crippen molar-refractivity contribution in [3.05, 3.63) is 64.1 Å². The van der Waals surface area contributed by atoms with Crippen LogP contribution in [0.3, 0.4) is 0 Å². The predicted octanol–water partition coefficient (Wildman–Crippen LogP) is 6.09. The predicted molar refractivity (Wildman–Crippen MR) is 117 cm³/mol. The minimum Gasteiger partial charge on any atom is -0.497 e. The summed E-state index contributed by atoms with van der Waals surface area (Å²) in [6.45, 7) is 4.57. The van der Waals surface area contributed by atoms with Gasteiger partial charge in [0.2, 0.25) is 0 Å². The molecule has 4 rings (SSSR count). The molecule has 4 nitrogen and oxygen atoms in total. The van der Waals surface area contributed by atoms with Crippen LogP contribution in [0.2, 0.25) is 5.15 Å². The first-order valence-corrected chi connectivity index (χ1v) is 10.2. The summed E-state index contributed by atoms with van der Waals surface area (Å²) in [5.74, 6) is 0.708. The van der Waals surface area contributed by atoms with Gasteiger partial charge in [0.25, 0.3) is 5.91 Å². The maximum absolute atomic E-state index is 13.3. The highest BCUT2D eigenvalue weighted by molar-refractivity contribution is 7.22. The third-order valence-corrected chi connectivity index (χ3v) is 6.17. The Morgan fingerprint density at radius 3 is 2.57 bits per heavy atom. The Labute approximate surface area is 172 Å². The summed E-state index contributed by atoms with van der Waals surface area (Å²) in [5.41, 5.74) is 2.81. The largest absolute Gasteiger partial charge is 0.497 e. The molecule has 0 aliphatic heterocycles. The van der Waals surface area contributed by atoms with Gasteiger partial charge >= 0.3 is 0 Å². The highest BCUT2D eigenvalue weighted by atomic mass is 35.5. The molecule has 0 saturated carbocycles. The van der Waals surface area contributed by atoms with Gasteiger partial charge in [-0.1, -0.05) is 23.2 Å². The minimum atomic E-state index is -0.0502. The van der Waals surface area contributed by atoms with Crippen LogP contribution in [0, 0.1) is 6.92 Å². The van der Waals surface area contributed by atoms with E-state index >= 15 is 0 Å². The van der Waals surface area contributed by atoms with Crippen LogP contribution < -0.4 is 9.64 Å². The van der Waals surface area contributed by atoms with Crippen molar-refractivity contribution in [3.8, 4) is 5.75 Å². The molecule has 0 atom stereocenters. The van der Waals surface area contributed by atoms with Crippen LogP contribution in [0.25, 0.3) is 21.0 Å². The zero-order chi connectivity index (χ0) is 19.8. The topological polar surface area (TPSA) is 42.4 Å². The SMILES string of the molecule is CCN(C(=O)c1cc2c(Cl)nc3ccc(C)cc3c2s1)c1ccc(OC)cc1. The Kier molecular flexibility index (Phi) is 4.96. The zero-order valence-corrected chi connectivity index (χ0v) is 17.4. The number of carbonyl (C=O) groups is 1. The van der Waals surface area contributed by atoms with Gasteiger partial charge in [-0.25, -0.2) is 4.98 Å². The van der Waals surface area contributed by atoms with Crippen LogP contribution in [-0.2, 0) is 0 Å². The molecule has 0 bridgehead atoms. The van der Waals surface area contributed by atoms with Crippen LogP contribution in [-0.4, -0.2) is 24.5 Å². The van der Waals surface area contributed by atoms with Gasteiger partial charge in [0.15, 0.2) is 0 Å². The quantitative estimate of drug-likeness (QED) is 0.382. The van der Waals surface area contributed by atoms with Crippen molar-refractivity contribution in [2.45, 2.75) is 13.8 Å². The number of fused-ring (bicyclic) bond motifs is 3. The molecule has 1 amide bonds. The van der Waals surface area contributed by atoms with Gasteiger partial charge < -0.3 is 9.64 Å². The molecule has 0 aliphatic carbocycles. The lowest BCUT2D eigenvalue weighted by atomic mass is 10.1. The van der Waals surface area contributed by atoms with Gasteiger partial charge in [0.05, 0.1) is 17.5 Å². The minimum absolute atomic E-state index is 0.0502. The van der Waals surface area contributed by atoms with Crippen molar-refractivity contribution in [1.29, 1.82) is 0 Å². The van der Waals surface area contributed by atoms with E-state index in [0.717, 1.165) is 38.0 Å². The molecule has 0 unspecified atom stereocenters. The molecule has 2 aromatic heterocycles. The van der Waals surface area contributed by atoms with E-state index in [1.807, 2.05) is 56.3 Å². The van der Waals surface area contributed by atoms with E-state index in [1.54, 1.807) is 12.0 Å². The van der Waals surface area contributed by atoms with Gasteiger partial charge in [-0.3, -0.25) is 4.79 Å². The Balaban J connectivity index is 1.80. The Bertz CT molecular complexity index is 1180. The number of aryl methyl sites for hydroxylation is 1. The second kappa shape index (κ2) is 7.41. The number of methoxy groups -OCH3 is 1. The van der Waals surface area contributed by atoms with Crippen LogP contribution in [0.4, 0.5) is 5.69 Å². The number of benzene rings is 2. The molecule has 0 radical (unpaired) electrons. The molecule has 2 heterocycles. The van der Waals surface area contributed by atoms with Crippen molar-refractivity contribution in [2.24, 2.45) is 0 Å². The monoisotopic (exact) mass is 410 g/mol. The fourth-order valence-corrected chi connectivity index (χ4v) is 4.71. The third-order valence-electron chi connectivity index (χ3n) is 4.73. The van der Waals surface area contributed by atoms with Crippen molar-refractivity contribution in [1.82, 2.24) is 4.98 Å². The molecule has 6 heteroatoms. The molecule has 0 N–H and O–H groups in total. The second-order valence-corrected chi connectivity index (χ2v) is 7.93. The fraction of sp³-hybridized carbons (Fsp3) is 0.182. The summed E-state index contributed by atoms with van der Waals surface area (Å²) in [6.07, 6.45) is 0. The summed E-state index contributed by atoms with van der Waals surface area (Å²) < 4.78 is 6.20. The number of halogens is 1. The average Bonchev–Trinajstić information content (AvgIpc) is 3.16. The van der Waals surface area contributed by atoms with Gasteiger partial charge in [0, 0.05) is 27.7 Å². The number of nitrogens with zero attached hydrogens (tertiary/aromatic N) is 2. The number of thiophene rings is 1. The number of pyridine rings is 1. The summed E-state index contributed by atoms with van der Waals surface area (Å²) >= 11 is 7.88. The second-order valence-electron chi connectivity index (χ2n) is 6.52. The van der Waals surface area contributed by atoms with E-state index in [2.05, 4.69) is 11.1 Å². The summed E-state index contributed by atoms with van der Waals surface area (Å²) in [7, 11) is 1.62. The van der Waals surface area contributed by atoms with E-state index < -0.39 is 0 Å². The van der Waals surface area contributed by atoms with E-state index in [9.17, 15) is 4.79 Å². The standard InChI is InChI=1S/C22H19ClN2O2S/c1-4-25(14-6-8-15(27-3)9-7-14)22(26)19-12-17-20(28-19)16-11-13(2)5-10-18(16)24-21(17)23/h5-12H,4H2,1-3H3. The molecule has 28 heavy (non-hydrogen) atoms. The first-order valence-electron chi connectivity index (χ1n) is 8.97.